The van der Waals surface area contributed by atoms with Crippen molar-refractivity contribution in [1.82, 2.24) is 14.5 Å². The summed E-state index contributed by atoms with van der Waals surface area (Å²) in [5.74, 6) is 1.08. The highest BCUT2D eigenvalue weighted by atomic mass is 16.1. The zero-order valence-electron chi connectivity index (χ0n) is 22.3. The van der Waals surface area contributed by atoms with Gasteiger partial charge >= 0.3 is 0 Å². The molecule has 2 N–H and O–H groups in total. The number of imidazole rings is 1. The number of rotatable bonds is 13. The minimum absolute atomic E-state index is 0.0312. The number of benzene rings is 1. The van der Waals surface area contributed by atoms with Gasteiger partial charge in [-0.2, -0.15) is 0 Å². The summed E-state index contributed by atoms with van der Waals surface area (Å²) < 4.78 is 2.09. The van der Waals surface area contributed by atoms with Gasteiger partial charge in [-0.15, -0.1) is 0 Å². The van der Waals surface area contributed by atoms with Crippen molar-refractivity contribution in [2.45, 2.75) is 98.4 Å². The molecule has 0 fully saturated rings. The number of aryl methyl sites for hydroxylation is 1. The summed E-state index contributed by atoms with van der Waals surface area (Å²) in [5, 5.41) is 3.60. The van der Waals surface area contributed by atoms with Crippen molar-refractivity contribution in [3.05, 3.63) is 36.0 Å². The molecular formula is C29H44N4O. The van der Waals surface area contributed by atoms with Crippen LogP contribution in [0.25, 0.3) is 22.6 Å². The van der Waals surface area contributed by atoms with Gasteiger partial charge in [0.25, 0.3) is 0 Å². The van der Waals surface area contributed by atoms with E-state index in [1.54, 1.807) is 0 Å². The van der Waals surface area contributed by atoms with Crippen LogP contribution in [0.3, 0.4) is 0 Å². The van der Waals surface area contributed by atoms with Crippen molar-refractivity contribution < 1.29 is 4.79 Å². The Labute approximate surface area is 205 Å². The lowest BCUT2D eigenvalue weighted by Gasteiger charge is -2.28. The number of nitrogens with zero attached hydrogens (tertiary/aromatic N) is 2. The molecule has 1 atom stereocenters. The van der Waals surface area contributed by atoms with E-state index in [2.05, 4.69) is 68.7 Å². The molecule has 0 aliphatic heterocycles. The molecule has 5 heteroatoms. The molecule has 0 aliphatic rings. The van der Waals surface area contributed by atoms with Gasteiger partial charge < -0.3 is 14.9 Å². The first-order valence-corrected chi connectivity index (χ1v) is 13.1. The van der Waals surface area contributed by atoms with Gasteiger partial charge in [0.05, 0.1) is 22.4 Å². The average Bonchev–Trinajstić information content (AvgIpc) is 3.38. The monoisotopic (exact) mass is 464 g/mol. The molecule has 1 unspecified atom stereocenters. The van der Waals surface area contributed by atoms with Crippen molar-refractivity contribution in [1.29, 1.82) is 0 Å². The van der Waals surface area contributed by atoms with Crippen molar-refractivity contribution in [2.24, 2.45) is 12.5 Å². The average molecular weight is 465 g/mol. The Morgan fingerprint density at radius 3 is 2.47 bits per heavy atom. The fourth-order valence-electron chi connectivity index (χ4n) is 4.81. The van der Waals surface area contributed by atoms with Crippen LogP contribution < -0.4 is 5.32 Å². The van der Waals surface area contributed by atoms with E-state index in [1.165, 1.54) is 19.3 Å². The summed E-state index contributed by atoms with van der Waals surface area (Å²) in [6, 6.07) is 8.07. The summed E-state index contributed by atoms with van der Waals surface area (Å²) in [4.78, 5) is 21.9. The number of aromatic amines is 1. The first-order chi connectivity index (χ1) is 16.1. The predicted octanol–water partition coefficient (Wildman–Crippen LogP) is 8.13. The van der Waals surface area contributed by atoms with E-state index in [0.29, 0.717) is 0 Å². The normalized spacial score (nSPS) is 13.9. The molecule has 5 nitrogen and oxygen atoms in total. The summed E-state index contributed by atoms with van der Waals surface area (Å²) in [6.07, 6.45) is 10.8. The Balaban J connectivity index is 1.86. The zero-order chi connectivity index (χ0) is 24.9. The smallest absolute Gasteiger partial charge is 0.168 e. The van der Waals surface area contributed by atoms with E-state index in [0.717, 1.165) is 65.9 Å². The van der Waals surface area contributed by atoms with Crippen LogP contribution >= 0.6 is 0 Å². The third-order valence-corrected chi connectivity index (χ3v) is 7.29. The number of Topliss-reactive ketones (excluding diaryl/α,β-unsaturated/α-hetero) is 1. The number of hydrogen-bond donors (Lipinski definition) is 2. The van der Waals surface area contributed by atoms with Gasteiger partial charge in [0.2, 0.25) is 0 Å². The first kappa shape index (κ1) is 26.1. The lowest BCUT2D eigenvalue weighted by Crippen LogP contribution is -2.29. The Morgan fingerprint density at radius 2 is 1.79 bits per heavy atom. The second-order valence-electron chi connectivity index (χ2n) is 10.9. The molecule has 0 spiro atoms. The molecular weight excluding hydrogens is 420 g/mol. The maximum atomic E-state index is 13.6. The maximum Gasteiger partial charge on any atom is 0.168 e. The van der Waals surface area contributed by atoms with Gasteiger partial charge in [-0.05, 0) is 57.4 Å². The number of anilines is 1. The highest BCUT2D eigenvalue weighted by Crippen LogP contribution is 2.35. The van der Waals surface area contributed by atoms with E-state index in [4.69, 9.17) is 4.98 Å². The second-order valence-corrected chi connectivity index (χ2v) is 10.9. The Bertz CT molecular complexity index is 1110. The van der Waals surface area contributed by atoms with Crippen LogP contribution in [0.1, 0.15) is 103 Å². The molecule has 0 radical (unpaired) electrons. The molecule has 0 aliphatic carbocycles. The van der Waals surface area contributed by atoms with E-state index >= 15 is 0 Å². The van der Waals surface area contributed by atoms with Crippen molar-refractivity contribution in [2.75, 3.05) is 5.32 Å². The minimum Gasteiger partial charge on any atom is -0.379 e. The fourth-order valence-corrected chi connectivity index (χ4v) is 4.81. The van der Waals surface area contributed by atoms with Crippen LogP contribution in [0.4, 0.5) is 5.69 Å². The van der Waals surface area contributed by atoms with Crippen molar-refractivity contribution in [3.63, 3.8) is 0 Å². The SMILES string of the molecule is CCCCCCC(C)(CCC)C(=O)c1ccc2nc(-c3cc(NC(C)(C)CC)cn3C)[nH]c2c1. The van der Waals surface area contributed by atoms with Gasteiger partial charge in [-0.1, -0.05) is 59.8 Å². The molecule has 2 heterocycles. The lowest BCUT2D eigenvalue weighted by molar-refractivity contribution is 0.0781. The molecule has 34 heavy (non-hydrogen) atoms. The van der Waals surface area contributed by atoms with E-state index in [-0.39, 0.29) is 16.7 Å². The van der Waals surface area contributed by atoms with E-state index in [9.17, 15) is 4.79 Å². The highest BCUT2D eigenvalue weighted by Gasteiger charge is 2.32. The lowest BCUT2D eigenvalue weighted by atomic mass is 9.74. The molecule has 2 aromatic heterocycles. The number of nitrogens with one attached hydrogen (secondary N) is 2. The predicted molar refractivity (Wildman–Crippen MR) is 145 cm³/mol. The van der Waals surface area contributed by atoms with Crippen LogP contribution in [0.5, 0.6) is 0 Å². The standard InChI is InChI=1S/C29H44N4O/c1-8-11-12-13-17-29(6,16-9-2)26(34)21-14-15-23-24(18-21)31-27(30-23)25-19-22(20-33(25)7)32-28(4,5)10-3/h14-15,18-20,32H,8-13,16-17H2,1-7H3,(H,30,31). The molecule has 186 valence electrons. The molecule has 3 aromatic rings. The van der Waals surface area contributed by atoms with Gasteiger partial charge in [0, 0.05) is 29.8 Å². The summed E-state index contributed by atoms with van der Waals surface area (Å²) in [6.45, 7) is 13.1. The number of ketones is 1. The third kappa shape index (κ3) is 5.92. The summed E-state index contributed by atoms with van der Waals surface area (Å²) in [5.41, 5.74) is 4.41. The Kier molecular flexibility index (Phi) is 8.27. The van der Waals surface area contributed by atoms with E-state index in [1.807, 2.05) is 25.2 Å². The molecule has 0 saturated carbocycles. The fraction of sp³-hybridized carbons (Fsp3) is 0.586. The van der Waals surface area contributed by atoms with Crippen LogP contribution in [0, 0.1) is 5.41 Å². The zero-order valence-corrected chi connectivity index (χ0v) is 22.3. The third-order valence-electron chi connectivity index (χ3n) is 7.29. The highest BCUT2D eigenvalue weighted by molar-refractivity contribution is 6.02. The van der Waals surface area contributed by atoms with Gasteiger partial charge in [-0.25, -0.2) is 4.98 Å². The Morgan fingerprint density at radius 1 is 1.03 bits per heavy atom. The number of fused-ring (bicyclic) bond motifs is 1. The van der Waals surface area contributed by atoms with E-state index < -0.39 is 0 Å². The van der Waals surface area contributed by atoms with Gasteiger partial charge in [0.1, 0.15) is 0 Å². The van der Waals surface area contributed by atoms with Crippen LogP contribution in [0.2, 0.25) is 0 Å². The summed E-state index contributed by atoms with van der Waals surface area (Å²) >= 11 is 0. The van der Waals surface area contributed by atoms with Crippen molar-refractivity contribution >= 4 is 22.5 Å². The number of hydrogen-bond acceptors (Lipinski definition) is 3. The topological polar surface area (TPSA) is 62.7 Å². The maximum absolute atomic E-state index is 13.6. The van der Waals surface area contributed by atoms with Crippen LogP contribution in [-0.4, -0.2) is 25.9 Å². The second kappa shape index (κ2) is 10.8. The first-order valence-electron chi connectivity index (χ1n) is 13.1. The number of carbonyl (C=O) groups is 1. The van der Waals surface area contributed by atoms with Gasteiger partial charge in [-0.3, -0.25) is 4.79 Å². The minimum atomic E-state index is -0.302. The molecule has 0 saturated heterocycles. The number of H-pyrrole nitrogens is 1. The molecule has 0 amide bonds. The number of aromatic nitrogens is 3. The van der Waals surface area contributed by atoms with Crippen molar-refractivity contribution in [3.8, 4) is 11.5 Å². The van der Waals surface area contributed by atoms with Gasteiger partial charge in [0.15, 0.2) is 11.6 Å². The number of unbranched alkanes of at least 4 members (excludes halogenated alkanes) is 3. The summed E-state index contributed by atoms with van der Waals surface area (Å²) in [7, 11) is 2.04. The molecule has 3 rings (SSSR count). The van der Waals surface area contributed by atoms with Crippen LogP contribution in [-0.2, 0) is 7.05 Å². The quantitative estimate of drug-likeness (QED) is 0.198. The Hall–Kier alpha value is -2.56. The number of carbonyl (C=O) groups excluding carboxylic acids is 1. The largest absolute Gasteiger partial charge is 0.379 e. The molecule has 0 bridgehead atoms. The molecule has 1 aromatic carbocycles. The van der Waals surface area contributed by atoms with Crippen LogP contribution in [0.15, 0.2) is 30.5 Å².